The van der Waals surface area contributed by atoms with Crippen LogP contribution in [0.4, 0.5) is 0 Å². The van der Waals surface area contributed by atoms with E-state index in [0.717, 1.165) is 22.6 Å². The van der Waals surface area contributed by atoms with Gasteiger partial charge in [-0.15, -0.1) is 0 Å². The molecule has 0 aromatic heterocycles. The van der Waals surface area contributed by atoms with Crippen LogP contribution in [0.15, 0.2) is 18.2 Å². The third-order valence-electron chi connectivity index (χ3n) is 3.59. The van der Waals surface area contributed by atoms with Gasteiger partial charge >= 0.3 is 5.97 Å². The summed E-state index contributed by atoms with van der Waals surface area (Å²) in [5, 5.41) is 12.2. The number of carbonyl (C=O) groups is 2. The van der Waals surface area contributed by atoms with Crippen molar-refractivity contribution in [3.63, 3.8) is 0 Å². The number of hydrogen-bond donors (Lipinski definition) is 2. The Balaban J connectivity index is 2.22. The fraction of sp³-hybridized carbons (Fsp3) is 0.467. The average molecular weight is 293 g/mol. The smallest absolute Gasteiger partial charge is 0.329 e. The maximum atomic E-state index is 12.3. The van der Waals surface area contributed by atoms with Crippen LogP contribution in [0.2, 0.25) is 0 Å². The topological polar surface area (TPSA) is 66.4 Å². The molecule has 0 aliphatic carbocycles. The molecule has 108 valence electrons. The van der Waals surface area contributed by atoms with Crippen molar-refractivity contribution in [3.05, 3.63) is 34.9 Å². The second-order valence-corrected chi connectivity index (χ2v) is 6.55. The SMILES string of the molecule is Cc1cc(C)cc(C(=O)NC2(C(=O)O)CCSCC2)c1. The number of amides is 1. The van der Waals surface area contributed by atoms with Crippen molar-refractivity contribution in [1.82, 2.24) is 5.32 Å². The molecular weight excluding hydrogens is 274 g/mol. The summed E-state index contributed by atoms with van der Waals surface area (Å²) in [6, 6.07) is 5.56. The Morgan fingerprint density at radius 1 is 1.15 bits per heavy atom. The van der Waals surface area contributed by atoms with Crippen LogP contribution >= 0.6 is 11.8 Å². The zero-order valence-corrected chi connectivity index (χ0v) is 12.5. The first-order valence-electron chi connectivity index (χ1n) is 6.65. The fourth-order valence-corrected chi connectivity index (χ4v) is 3.70. The summed E-state index contributed by atoms with van der Waals surface area (Å²) in [6.07, 6.45) is 0.951. The van der Waals surface area contributed by atoms with Crippen LogP contribution in [0.25, 0.3) is 0 Å². The molecule has 1 aromatic carbocycles. The first kappa shape index (κ1) is 14.9. The van der Waals surface area contributed by atoms with Gasteiger partial charge in [-0.3, -0.25) is 4.79 Å². The molecule has 2 rings (SSSR count). The van der Waals surface area contributed by atoms with Gasteiger partial charge in [0.1, 0.15) is 5.54 Å². The molecule has 0 spiro atoms. The maximum absolute atomic E-state index is 12.3. The number of carbonyl (C=O) groups excluding carboxylic acids is 1. The Morgan fingerprint density at radius 2 is 1.70 bits per heavy atom. The predicted octanol–water partition coefficient (Wildman–Crippen LogP) is 2.38. The molecule has 0 unspecified atom stereocenters. The Morgan fingerprint density at radius 3 is 2.20 bits per heavy atom. The normalized spacial score (nSPS) is 17.5. The van der Waals surface area contributed by atoms with Crippen molar-refractivity contribution in [2.24, 2.45) is 0 Å². The molecule has 2 N–H and O–H groups in total. The molecule has 1 amide bonds. The van der Waals surface area contributed by atoms with Gasteiger partial charge in [0, 0.05) is 5.56 Å². The number of benzene rings is 1. The van der Waals surface area contributed by atoms with Crippen molar-refractivity contribution < 1.29 is 14.7 Å². The van der Waals surface area contributed by atoms with Crippen molar-refractivity contribution in [3.8, 4) is 0 Å². The van der Waals surface area contributed by atoms with Crippen molar-refractivity contribution in [1.29, 1.82) is 0 Å². The lowest BCUT2D eigenvalue weighted by molar-refractivity contribution is -0.144. The largest absolute Gasteiger partial charge is 0.480 e. The van der Waals surface area contributed by atoms with E-state index < -0.39 is 11.5 Å². The summed E-state index contributed by atoms with van der Waals surface area (Å²) in [5.74, 6) is 0.292. The number of carboxylic acids is 1. The zero-order valence-electron chi connectivity index (χ0n) is 11.7. The lowest BCUT2D eigenvalue weighted by Crippen LogP contribution is -2.56. The maximum Gasteiger partial charge on any atom is 0.329 e. The van der Waals surface area contributed by atoms with E-state index in [0.29, 0.717) is 18.4 Å². The van der Waals surface area contributed by atoms with Crippen LogP contribution in [-0.2, 0) is 4.79 Å². The van der Waals surface area contributed by atoms with Gasteiger partial charge in [0.25, 0.3) is 5.91 Å². The zero-order chi connectivity index (χ0) is 14.8. The van der Waals surface area contributed by atoms with E-state index in [4.69, 9.17) is 0 Å². The van der Waals surface area contributed by atoms with Crippen LogP contribution in [0.1, 0.15) is 34.3 Å². The minimum absolute atomic E-state index is 0.300. The van der Waals surface area contributed by atoms with Gasteiger partial charge in [-0.05, 0) is 50.3 Å². The van der Waals surface area contributed by atoms with E-state index in [1.807, 2.05) is 19.9 Å². The Bertz CT molecular complexity index is 516. The molecule has 4 nitrogen and oxygen atoms in total. The Labute approximate surface area is 123 Å². The molecule has 1 aliphatic heterocycles. The van der Waals surface area contributed by atoms with Gasteiger partial charge in [0.2, 0.25) is 0 Å². The van der Waals surface area contributed by atoms with Crippen LogP contribution < -0.4 is 5.32 Å². The highest BCUT2D eigenvalue weighted by molar-refractivity contribution is 7.99. The molecule has 1 fully saturated rings. The minimum atomic E-state index is -1.11. The van der Waals surface area contributed by atoms with E-state index in [1.165, 1.54) is 0 Å². The fourth-order valence-electron chi connectivity index (χ4n) is 2.51. The highest BCUT2D eigenvalue weighted by atomic mass is 32.2. The van der Waals surface area contributed by atoms with E-state index in [2.05, 4.69) is 5.32 Å². The number of nitrogens with one attached hydrogen (secondary N) is 1. The summed E-state index contributed by atoms with van der Waals surface area (Å²) in [6.45, 7) is 3.85. The standard InChI is InChI=1S/C15H19NO3S/c1-10-7-11(2)9-12(8-10)13(17)16-15(14(18)19)3-5-20-6-4-15/h7-9H,3-6H2,1-2H3,(H,16,17)(H,18,19). The first-order valence-corrected chi connectivity index (χ1v) is 7.80. The number of aliphatic carboxylic acids is 1. The van der Waals surface area contributed by atoms with Crippen LogP contribution in [0, 0.1) is 13.8 Å². The monoisotopic (exact) mass is 293 g/mol. The van der Waals surface area contributed by atoms with Gasteiger partial charge in [0.05, 0.1) is 0 Å². The van der Waals surface area contributed by atoms with Gasteiger partial charge in [0.15, 0.2) is 0 Å². The molecule has 0 bridgehead atoms. The summed E-state index contributed by atoms with van der Waals surface area (Å²) in [7, 11) is 0. The third-order valence-corrected chi connectivity index (χ3v) is 4.58. The minimum Gasteiger partial charge on any atom is -0.480 e. The molecule has 1 saturated heterocycles. The highest BCUT2D eigenvalue weighted by Gasteiger charge is 2.41. The summed E-state index contributed by atoms with van der Waals surface area (Å²) >= 11 is 1.73. The van der Waals surface area contributed by atoms with Gasteiger partial charge < -0.3 is 10.4 Å². The lowest BCUT2D eigenvalue weighted by atomic mass is 9.91. The Kier molecular flexibility index (Phi) is 4.38. The van der Waals surface area contributed by atoms with Gasteiger partial charge in [-0.25, -0.2) is 4.79 Å². The Hall–Kier alpha value is -1.49. The molecule has 1 aromatic rings. The van der Waals surface area contributed by atoms with Crippen LogP contribution in [-0.4, -0.2) is 34.0 Å². The van der Waals surface area contributed by atoms with E-state index in [1.54, 1.807) is 23.9 Å². The summed E-state index contributed by atoms with van der Waals surface area (Å²) < 4.78 is 0. The van der Waals surface area contributed by atoms with Gasteiger partial charge in [-0.1, -0.05) is 17.2 Å². The summed E-state index contributed by atoms with van der Waals surface area (Å²) in [5.41, 5.74) is 1.42. The van der Waals surface area contributed by atoms with Crippen molar-refractivity contribution in [2.75, 3.05) is 11.5 Å². The number of aryl methyl sites for hydroxylation is 2. The second-order valence-electron chi connectivity index (χ2n) is 5.33. The van der Waals surface area contributed by atoms with Gasteiger partial charge in [-0.2, -0.15) is 11.8 Å². The average Bonchev–Trinajstić information content (AvgIpc) is 2.38. The highest BCUT2D eigenvalue weighted by Crippen LogP contribution is 2.28. The molecule has 5 heteroatoms. The lowest BCUT2D eigenvalue weighted by Gasteiger charge is -2.33. The molecule has 0 saturated carbocycles. The molecular formula is C15H19NO3S. The van der Waals surface area contributed by atoms with Crippen molar-refractivity contribution >= 4 is 23.6 Å². The molecule has 20 heavy (non-hydrogen) atoms. The molecule has 0 atom stereocenters. The first-order chi connectivity index (χ1) is 9.43. The predicted molar refractivity (Wildman–Crippen MR) is 80.3 cm³/mol. The third kappa shape index (κ3) is 3.15. The quantitative estimate of drug-likeness (QED) is 0.898. The number of hydrogen-bond acceptors (Lipinski definition) is 3. The molecule has 0 radical (unpaired) electrons. The number of thioether (sulfide) groups is 1. The molecule has 1 aliphatic rings. The van der Waals surface area contributed by atoms with Crippen molar-refractivity contribution in [2.45, 2.75) is 32.2 Å². The van der Waals surface area contributed by atoms with Crippen LogP contribution in [0.3, 0.4) is 0 Å². The number of rotatable bonds is 3. The van der Waals surface area contributed by atoms with E-state index in [9.17, 15) is 14.7 Å². The van der Waals surface area contributed by atoms with E-state index in [-0.39, 0.29) is 5.91 Å². The van der Waals surface area contributed by atoms with E-state index >= 15 is 0 Å². The summed E-state index contributed by atoms with van der Waals surface area (Å²) in [4.78, 5) is 23.9. The molecule has 1 heterocycles. The van der Waals surface area contributed by atoms with Crippen LogP contribution in [0.5, 0.6) is 0 Å². The number of carboxylic acid groups (broad SMARTS) is 1. The second kappa shape index (κ2) is 5.87.